The van der Waals surface area contributed by atoms with E-state index >= 15 is 0 Å². The summed E-state index contributed by atoms with van der Waals surface area (Å²) in [5.74, 6) is 0.834. The van der Waals surface area contributed by atoms with Crippen molar-refractivity contribution in [2.45, 2.75) is 12.8 Å². The Morgan fingerprint density at radius 2 is 1.75 bits per heavy atom. The number of nitrogens with zero attached hydrogens (tertiary/aromatic N) is 2. The van der Waals surface area contributed by atoms with Crippen LogP contribution in [0, 0.1) is 0 Å². The van der Waals surface area contributed by atoms with E-state index < -0.39 is 10.0 Å². The molecule has 0 saturated heterocycles. The Labute approximate surface area is 165 Å². The molecule has 0 saturated carbocycles. The van der Waals surface area contributed by atoms with Gasteiger partial charge >= 0.3 is 0 Å². The van der Waals surface area contributed by atoms with Crippen molar-refractivity contribution in [3.05, 3.63) is 78.6 Å². The lowest BCUT2D eigenvalue weighted by molar-refractivity contribution is 0.317. The molecule has 144 valence electrons. The number of fused-ring (bicyclic) bond motifs is 1. The van der Waals surface area contributed by atoms with Gasteiger partial charge in [0, 0.05) is 18.9 Å². The van der Waals surface area contributed by atoms with Crippen LogP contribution in [-0.2, 0) is 16.4 Å². The largest absolute Gasteiger partial charge is 0.494 e. The Bertz CT molecular complexity index is 1040. The van der Waals surface area contributed by atoms with Crippen LogP contribution in [0.2, 0.25) is 0 Å². The van der Waals surface area contributed by atoms with Gasteiger partial charge in [0.15, 0.2) is 0 Å². The van der Waals surface area contributed by atoms with E-state index in [0.29, 0.717) is 19.6 Å². The Morgan fingerprint density at radius 1 is 0.964 bits per heavy atom. The van der Waals surface area contributed by atoms with Crippen molar-refractivity contribution in [3.8, 4) is 16.9 Å². The van der Waals surface area contributed by atoms with Crippen molar-refractivity contribution >= 4 is 15.7 Å². The SMILES string of the molecule is O=S(=O)(CCCOc1ccccc1)N1CCc2cc(-c3ccncc3)ccc21. The number of sulfonamides is 1. The molecule has 28 heavy (non-hydrogen) atoms. The predicted octanol–water partition coefficient (Wildman–Crippen LogP) is 3.91. The quantitative estimate of drug-likeness (QED) is 0.570. The Hall–Kier alpha value is -2.86. The van der Waals surface area contributed by atoms with Gasteiger partial charge < -0.3 is 4.74 Å². The first kappa shape index (κ1) is 18.5. The summed E-state index contributed by atoms with van der Waals surface area (Å²) in [4.78, 5) is 4.04. The van der Waals surface area contributed by atoms with Gasteiger partial charge in [-0.15, -0.1) is 0 Å². The van der Waals surface area contributed by atoms with E-state index in [1.807, 2.05) is 54.6 Å². The average Bonchev–Trinajstić information content (AvgIpc) is 3.17. The third-order valence-corrected chi connectivity index (χ3v) is 6.70. The standard InChI is InChI=1S/C22H22N2O3S/c25-28(26,16-4-15-27-21-5-2-1-3-6-21)24-14-11-20-17-19(7-8-22(20)24)18-9-12-23-13-10-18/h1-3,5-10,12-13,17H,4,11,14-16H2. The van der Waals surface area contributed by atoms with E-state index in [1.165, 1.54) is 0 Å². The van der Waals surface area contributed by atoms with Crippen molar-refractivity contribution in [3.63, 3.8) is 0 Å². The fourth-order valence-corrected chi connectivity index (χ4v) is 4.99. The molecule has 0 N–H and O–H groups in total. The molecule has 5 nitrogen and oxygen atoms in total. The summed E-state index contributed by atoms with van der Waals surface area (Å²) in [5, 5.41) is 0. The van der Waals surface area contributed by atoms with Crippen LogP contribution in [0.3, 0.4) is 0 Å². The molecule has 1 aliphatic heterocycles. The Morgan fingerprint density at radius 3 is 2.54 bits per heavy atom. The van der Waals surface area contributed by atoms with Gasteiger partial charge in [0.05, 0.1) is 18.0 Å². The number of ether oxygens (including phenoxy) is 1. The molecule has 1 aromatic heterocycles. The predicted molar refractivity (Wildman–Crippen MR) is 111 cm³/mol. The van der Waals surface area contributed by atoms with Gasteiger partial charge in [0.25, 0.3) is 0 Å². The van der Waals surface area contributed by atoms with Crippen LogP contribution in [0.15, 0.2) is 73.1 Å². The van der Waals surface area contributed by atoms with Crippen LogP contribution >= 0.6 is 0 Å². The molecule has 0 atom stereocenters. The van der Waals surface area contributed by atoms with Crippen molar-refractivity contribution in [2.24, 2.45) is 0 Å². The summed E-state index contributed by atoms with van der Waals surface area (Å²) in [6.07, 6.45) is 4.71. The van der Waals surface area contributed by atoms with E-state index in [9.17, 15) is 8.42 Å². The fraction of sp³-hybridized carbons (Fsp3) is 0.227. The van der Waals surface area contributed by atoms with Crippen molar-refractivity contribution in [1.29, 1.82) is 0 Å². The van der Waals surface area contributed by atoms with Gasteiger partial charge in [0.2, 0.25) is 10.0 Å². The van der Waals surface area contributed by atoms with Crippen molar-refractivity contribution in [2.75, 3.05) is 23.2 Å². The lowest BCUT2D eigenvalue weighted by Crippen LogP contribution is -2.31. The summed E-state index contributed by atoms with van der Waals surface area (Å²) in [6, 6.07) is 19.3. The maximum atomic E-state index is 12.8. The molecular weight excluding hydrogens is 372 g/mol. The summed E-state index contributed by atoms with van der Waals surface area (Å²) < 4.78 is 32.8. The van der Waals surface area contributed by atoms with Crippen molar-refractivity contribution in [1.82, 2.24) is 4.98 Å². The fourth-order valence-electron chi connectivity index (χ4n) is 3.44. The zero-order chi connectivity index (χ0) is 19.4. The van der Waals surface area contributed by atoms with E-state index in [0.717, 1.165) is 34.5 Å². The van der Waals surface area contributed by atoms with Gasteiger partial charge in [-0.05, 0) is 65.9 Å². The molecule has 0 aliphatic carbocycles. The number of hydrogen-bond acceptors (Lipinski definition) is 4. The number of pyridine rings is 1. The summed E-state index contributed by atoms with van der Waals surface area (Å²) in [5.41, 5.74) is 4.02. The summed E-state index contributed by atoms with van der Waals surface area (Å²) in [6.45, 7) is 0.877. The number of hydrogen-bond donors (Lipinski definition) is 0. The highest BCUT2D eigenvalue weighted by Crippen LogP contribution is 2.34. The Kier molecular flexibility index (Phi) is 5.30. The second-order valence-corrected chi connectivity index (χ2v) is 8.75. The van der Waals surface area contributed by atoms with E-state index in [2.05, 4.69) is 11.1 Å². The van der Waals surface area contributed by atoms with Crippen LogP contribution in [0.4, 0.5) is 5.69 Å². The molecule has 2 aromatic carbocycles. The first-order valence-corrected chi connectivity index (χ1v) is 11.0. The number of aromatic nitrogens is 1. The highest BCUT2D eigenvalue weighted by molar-refractivity contribution is 7.92. The van der Waals surface area contributed by atoms with Gasteiger partial charge in [-0.25, -0.2) is 8.42 Å². The second kappa shape index (κ2) is 8.02. The average molecular weight is 394 g/mol. The highest BCUT2D eigenvalue weighted by atomic mass is 32.2. The molecule has 3 aromatic rings. The van der Waals surface area contributed by atoms with Gasteiger partial charge in [-0.2, -0.15) is 0 Å². The molecule has 6 heteroatoms. The Balaban J connectivity index is 1.41. The third kappa shape index (κ3) is 4.02. The third-order valence-electron chi connectivity index (χ3n) is 4.84. The van der Waals surface area contributed by atoms with Crippen LogP contribution in [-0.4, -0.2) is 32.3 Å². The molecule has 0 fully saturated rings. The monoisotopic (exact) mass is 394 g/mol. The molecule has 4 rings (SSSR count). The van der Waals surface area contributed by atoms with Crippen LogP contribution in [0.1, 0.15) is 12.0 Å². The summed E-state index contributed by atoms with van der Waals surface area (Å²) in [7, 11) is -3.36. The number of anilines is 1. The van der Waals surface area contributed by atoms with E-state index in [-0.39, 0.29) is 5.75 Å². The minimum Gasteiger partial charge on any atom is -0.494 e. The lowest BCUT2D eigenvalue weighted by atomic mass is 10.0. The molecule has 0 unspecified atom stereocenters. The molecule has 0 radical (unpaired) electrons. The minimum absolute atomic E-state index is 0.0748. The van der Waals surface area contributed by atoms with Gasteiger partial charge in [-0.1, -0.05) is 24.3 Å². The van der Waals surface area contributed by atoms with Crippen LogP contribution < -0.4 is 9.04 Å². The lowest BCUT2D eigenvalue weighted by Gasteiger charge is -2.20. The number of benzene rings is 2. The minimum atomic E-state index is -3.36. The molecule has 0 amide bonds. The molecule has 1 aliphatic rings. The van der Waals surface area contributed by atoms with E-state index in [1.54, 1.807) is 16.7 Å². The number of para-hydroxylation sites is 1. The first-order valence-electron chi connectivity index (χ1n) is 9.35. The zero-order valence-corrected chi connectivity index (χ0v) is 16.3. The van der Waals surface area contributed by atoms with E-state index in [4.69, 9.17) is 4.74 Å². The summed E-state index contributed by atoms with van der Waals surface area (Å²) >= 11 is 0. The topological polar surface area (TPSA) is 59.5 Å². The van der Waals surface area contributed by atoms with Crippen molar-refractivity contribution < 1.29 is 13.2 Å². The smallest absolute Gasteiger partial charge is 0.235 e. The normalized spacial score (nSPS) is 13.4. The number of rotatable bonds is 7. The van der Waals surface area contributed by atoms with Crippen LogP contribution in [0.5, 0.6) is 5.75 Å². The molecule has 2 heterocycles. The van der Waals surface area contributed by atoms with Gasteiger partial charge in [0.1, 0.15) is 5.75 Å². The second-order valence-electron chi connectivity index (χ2n) is 6.73. The first-order chi connectivity index (χ1) is 13.6. The zero-order valence-electron chi connectivity index (χ0n) is 15.5. The van der Waals surface area contributed by atoms with Gasteiger partial charge in [-0.3, -0.25) is 9.29 Å². The maximum Gasteiger partial charge on any atom is 0.235 e. The molecule has 0 spiro atoms. The maximum absolute atomic E-state index is 12.8. The highest BCUT2D eigenvalue weighted by Gasteiger charge is 2.29. The van der Waals surface area contributed by atoms with Crippen LogP contribution in [0.25, 0.3) is 11.1 Å². The molecular formula is C22H22N2O3S. The molecule has 0 bridgehead atoms.